The van der Waals surface area contributed by atoms with Gasteiger partial charge in [0.25, 0.3) is 0 Å². The molecule has 0 bridgehead atoms. The molecule has 0 aliphatic carbocycles. The third kappa shape index (κ3) is 8.55. The normalized spacial score (nSPS) is 16.3. The Balaban J connectivity index is 1.86. The summed E-state index contributed by atoms with van der Waals surface area (Å²) >= 11 is 1.39. The van der Waals surface area contributed by atoms with Crippen LogP contribution >= 0.6 is 27.0 Å². The zero-order valence-corrected chi connectivity index (χ0v) is 23.5. The van der Waals surface area contributed by atoms with Gasteiger partial charge in [-0.05, 0) is 5.56 Å². The van der Waals surface area contributed by atoms with Gasteiger partial charge in [-0.1, -0.05) is 55.9 Å². The Morgan fingerprint density at radius 3 is 2.39 bits per heavy atom. The second-order valence-electron chi connectivity index (χ2n) is 8.60. The minimum Gasteiger partial charge on any atom is -0.386 e. The average Bonchev–Trinajstić information content (AvgIpc) is 3.25. The zero-order valence-electron chi connectivity index (χ0n) is 20.9. The number of rotatable bonds is 14. The molecule has 14 nitrogen and oxygen atoms in total. The predicted molar refractivity (Wildman–Crippen MR) is 141 cm³/mol. The average molecular weight is 592 g/mol. The van der Waals surface area contributed by atoms with E-state index in [9.17, 15) is 24.2 Å². The van der Waals surface area contributed by atoms with Crippen molar-refractivity contribution in [2.75, 3.05) is 24.9 Å². The third-order valence-electron chi connectivity index (χ3n) is 5.12. The number of thioether (sulfide) groups is 1. The molecule has 3 rings (SSSR count). The van der Waals surface area contributed by atoms with Gasteiger partial charge in [0.05, 0.1) is 12.9 Å². The first-order chi connectivity index (χ1) is 17.8. The summed E-state index contributed by atoms with van der Waals surface area (Å²) in [5.41, 5.74) is 1.57. The van der Waals surface area contributed by atoms with Crippen LogP contribution in [-0.4, -0.2) is 81.5 Å². The van der Waals surface area contributed by atoms with E-state index in [1.165, 1.54) is 29.8 Å². The number of ether oxygens (including phenoxy) is 1. The number of benzene rings is 1. The summed E-state index contributed by atoms with van der Waals surface area (Å²) in [6.45, 7) is 3.67. The smallest absolute Gasteiger partial charge is 0.340 e. The maximum atomic E-state index is 12.0. The molecule has 0 saturated heterocycles. The van der Waals surface area contributed by atoms with Crippen molar-refractivity contribution in [1.29, 1.82) is 0 Å². The van der Waals surface area contributed by atoms with Gasteiger partial charge in [-0.25, -0.2) is 15.0 Å². The van der Waals surface area contributed by atoms with Crippen molar-refractivity contribution in [3.05, 3.63) is 42.2 Å². The van der Waals surface area contributed by atoms with Crippen LogP contribution < -0.4 is 5.32 Å². The molecule has 0 aliphatic heterocycles. The highest BCUT2D eigenvalue weighted by Gasteiger charge is 2.35. The third-order valence-corrected chi connectivity index (χ3v) is 9.44. The van der Waals surface area contributed by atoms with E-state index in [4.69, 9.17) is 19.0 Å². The molecule has 0 radical (unpaired) electrons. The second kappa shape index (κ2) is 13.0. The molecule has 210 valence electrons. The molecule has 2 heterocycles. The molecule has 1 aromatic carbocycles. The van der Waals surface area contributed by atoms with Crippen molar-refractivity contribution in [2.45, 2.75) is 49.2 Å². The summed E-state index contributed by atoms with van der Waals surface area (Å²) in [4.78, 5) is 41.0. The fraction of sp³-hybridized carbons (Fsp3) is 0.476. The maximum absolute atomic E-state index is 12.0. The zero-order chi connectivity index (χ0) is 28.1. The second-order valence-corrected chi connectivity index (χ2v) is 14.1. The van der Waals surface area contributed by atoms with Crippen LogP contribution in [0.5, 0.6) is 0 Å². The summed E-state index contributed by atoms with van der Waals surface area (Å²) in [5.74, 6) is -0.972. The number of fused-ring (bicyclic) bond motifs is 1. The number of aliphatic hydroxyl groups excluding tert-OH is 2. The molecule has 4 atom stereocenters. The summed E-state index contributed by atoms with van der Waals surface area (Å²) in [6.07, 6.45) is -3.46. The van der Waals surface area contributed by atoms with E-state index in [-0.39, 0.29) is 10.9 Å². The van der Waals surface area contributed by atoms with Crippen LogP contribution in [0.3, 0.4) is 0 Å². The maximum Gasteiger partial charge on any atom is 0.340 e. The van der Waals surface area contributed by atoms with Crippen molar-refractivity contribution >= 4 is 43.9 Å². The van der Waals surface area contributed by atoms with Gasteiger partial charge in [0.2, 0.25) is 0 Å². The van der Waals surface area contributed by atoms with Gasteiger partial charge in [0.15, 0.2) is 34.3 Å². The molecule has 3 aromatic rings. The van der Waals surface area contributed by atoms with Crippen LogP contribution in [0.4, 0.5) is 5.82 Å². The van der Waals surface area contributed by atoms with Gasteiger partial charge in [0.1, 0.15) is 12.2 Å². The standard InChI is InChI=1S/C21H31N5O9P2S/c1-13(2)38-21-24-18(22-9-14-7-5-4-6-8-14)16-19(25-21)26(11-23-16)20(28)17(27)15(34-3)10-35-37(32,33)12-36(29,30)31/h4-8,11,13,15,17,20,27-28H,9-10,12H2,1-3H3,(H,32,33)(H,22,24,25)(H2,29,30,31)/t15-,17-,20-/m1/s1. The molecule has 17 heteroatoms. The summed E-state index contributed by atoms with van der Waals surface area (Å²) in [6, 6.07) is 9.64. The number of methoxy groups -OCH3 is 1. The topological polar surface area (TPSA) is 209 Å². The van der Waals surface area contributed by atoms with Crippen LogP contribution in [0, 0.1) is 0 Å². The Morgan fingerprint density at radius 2 is 1.79 bits per heavy atom. The van der Waals surface area contributed by atoms with Gasteiger partial charge in [-0.2, -0.15) is 0 Å². The molecule has 0 saturated carbocycles. The molecule has 0 spiro atoms. The molecule has 2 aromatic heterocycles. The molecular formula is C21H31N5O9P2S. The lowest BCUT2D eigenvalue weighted by atomic mass is 10.2. The van der Waals surface area contributed by atoms with E-state index < -0.39 is 46.1 Å². The van der Waals surface area contributed by atoms with E-state index in [0.29, 0.717) is 23.0 Å². The number of hydrogen-bond acceptors (Lipinski definition) is 11. The molecular weight excluding hydrogens is 560 g/mol. The van der Waals surface area contributed by atoms with Gasteiger partial charge >= 0.3 is 15.2 Å². The number of aliphatic hydroxyl groups is 2. The summed E-state index contributed by atoms with van der Waals surface area (Å²) in [5, 5.41) is 25.5. The monoisotopic (exact) mass is 591 g/mol. The molecule has 6 N–H and O–H groups in total. The first kappa shape index (κ1) is 30.6. The lowest BCUT2D eigenvalue weighted by Crippen LogP contribution is -2.39. The first-order valence-electron chi connectivity index (χ1n) is 11.4. The number of imidazole rings is 1. The van der Waals surface area contributed by atoms with Gasteiger partial charge in [-0.15, -0.1) is 0 Å². The Bertz CT molecular complexity index is 1310. The highest BCUT2D eigenvalue weighted by molar-refractivity contribution is 7.99. The number of hydrogen-bond donors (Lipinski definition) is 6. The van der Waals surface area contributed by atoms with Crippen LogP contribution in [0.15, 0.2) is 41.8 Å². The number of anilines is 1. The highest BCUT2D eigenvalue weighted by atomic mass is 32.2. The van der Waals surface area contributed by atoms with E-state index in [0.717, 1.165) is 5.56 Å². The SMILES string of the molecule is CO[C@H](COP(=O)(O)CP(=O)(O)O)[C@@H](O)[C@@H](O)n1cnc2c(NCc3ccccc3)nc(SC(C)C)nc21. The number of aromatic nitrogens is 4. The fourth-order valence-electron chi connectivity index (χ4n) is 3.38. The van der Waals surface area contributed by atoms with E-state index in [2.05, 4.69) is 20.3 Å². The largest absolute Gasteiger partial charge is 0.386 e. The van der Waals surface area contributed by atoms with E-state index in [1.807, 2.05) is 44.2 Å². The highest BCUT2D eigenvalue weighted by Crippen LogP contribution is 2.55. The minimum absolute atomic E-state index is 0.152. The van der Waals surface area contributed by atoms with Gasteiger partial charge in [0, 0.05) is 18.9 Å². The first-order valence-corrected chi connectivity index (χ1v) is 15.8. The lowest BCUT2D eigenvalue weighted by molar-refractivity contribution is -0.113. The predicted octanol–water partition coefficient (Wildman–Crippen LogP) is 2.14. The Hall–Kier alpha value is -1.90. The molecule has 1 unspecified atom stereocenters. The van der Waals surface area contributed by atoms with E-state index in [1.54, 1.807) is 0 Å². The minimum atomic E-state index is -4.84. The Morgan fingerprint density at radius 1 is 1.11 bits per heavy atom. The number of nitrogens with one attached hydrogen (secondary N) is 1. The van der Waals surface area contributed by atoms with Gasteiger partial charge in [-0.3, -0.25) is 13.7 Å². The van der Waals surface area contributed by atoms with Crippen molar-refractivity contribution in [2.24, 2.45) is 0 Å². The summed E-state index contributed by atoms with van der Waals surface area (Å²) in [7, 11) is -8.36. The van der Waals surface area contributed by atoms with Crippen molar-refractivity contribution in [1.82, 2.24) is 19.5 Å². The quantitative estimate of drug-likeness (QED) is 0.0902. The molecule has 0 amide bonds. The van der Waals surface area contributed by atoms with Crippen molar-refractivity contribution < 1.29 is 43.3 Å². The van der Waals surface area contributed by atoms with Gasteiger partial charge < -0.3 is 39.5 Å². The molecule has 38 heavy (non-hydrogen) atoms. The molecule has 0 fully saturated rings. The Labute approximate surface area is 223 Å². The van der Waals surface area contributed by atoms with Crippen LogP contribution in [0.2, 0.25) is 0 Å². The van der Waals surface area contributed by atoms with E-state index >= 15 is 0 Å². The van der Waals surface area contributed by atoms with Crippen LogP contribution in [0.1, 0.15) is 25.6 Å². The fourth-order valence-corrected chi connectivity index (χ4v) is 6.66. The number of nitrogens with zero attached hydrogens (tertiary/aromatic N) is 4. The van der Waals surface area contributed by atoms with Crippen molar-refractivity contribution in [3.8, 4) is 0 Å². The molecule has 0 aliphatic rings. The van der Waals surface area contributed by atoms with Crippen LogP contribution in [-0.2, 0) is 24.9 Å². The summed E-state index contributed by atoms with van der Waals surface area (Å²) < 4.78 is 34.1. The lowest BCUT2D eigenvalue weighted by Gasteiger charge is -2.27. The van der Waals surface area contributed by atoms with Crippen LogP contribution in [0.25, 0.3) is 11.2 Å². The Kier molecular flexibility index (Phi) is 10.5. The van der Waals surface area contributed by atoms with Crippen molar-refractivity contribution in [3.63, 3.8) is 0 Å².